The number of ether oxygens (including phenoxy) is 2. The highest BCUT2D eigenvalue weighted by Crippen LogP contribution is 2.20. The first kappa shape index (κ1) is 11.5. The molecule has 1 aromatic rings. The molecule has 1 N–H and O–H groups in total. The van der Waals surface area contributed by atoms with Gasteiger partial charge in [0.25, 0.3) is 0 Å². The standard InChI is InChI=1S/C11H13NO3/c1-14-4-5-15-11-6-9(7-12)2-3-10(11)8-13/h2-3,6,13H,4-5,8H2,1H3. The van der Waals surface area contributed by atoms with Crippen molar-refractivity contribution >= 4 is 0 Å². The van der Waals surface area contributed by atoms with Crippen molar-refractivity contribution in [3.05, 3.63) is 29.3 Å². The van der Waals surface area contributed by atoms with E-state index in [0.717, 1.165) is 0 Å². The third kappa shape index (κ3) is 3.24. The minimum Gasteiger partial charge on any atom is -0.491 e. The molecule has 4 heteroatoms. The van der Waals surface area contributed by atoms with E-state index in [9.17, 15) is 0 Å². The Morgan fingerprint density at radius 2 is 2.20 bits per heavy atom. The fourth-order valence-corrected chi connectivity index (χ4v) is 1.12. The summed E-state index contributed by atoms with van der Waals surface area (Å²) in [7, 11) is 1.59. The van der Waals surface area contributed by atoms with Crippen molar-refractivity contribution in [1.82, 2.24) is 0 Å². The van der Waals surface area contributed by atoms with Gasteiger partial charge in [-0.3, -0.25) is 0 Å². The van der Waals surface area contributed by atoms with Gasteiger partial charge in [-0.05, 0) is 12.1 Å². The third-order valence-electron chi connectivity index (χ3n) is 1.91. The Balaban J connectivity index is 2.78. The van der Waals surface area contributed by atoms with Crippen molar-refractivity contribution < 1.29 is 14.6 Å². The first-order valence-corrected chi connectivity index (χ1v) is 4.57. The number of nitrogens with zero attached hydrogens (tertiary/aromatic N) is 1. The van der Waals surface area contributed by atoms with Crippen LogP contribution in [0.15, 0.2) is 18.2 Å². The van der Waals surface area contributed by atoms with E-state index < -0.39 is 0 Å². The molecule has 0 amide bonds. The average Bonchev–Trinajstić information content (AvgIpc) is 2.29. The van der Waals surface area contributed by atoms with Gasteiger partial charge in [0.15, 0.2) is 0 Å². The largest absolute Gasteiger partial charge is 0.491 e. The van der Waals surface area contributed by atoms with Gasteiger partial charge >= 0.3 is 0 Å². The van der Waals surface area contributed by atoms with Crippen molar-refractivity contribution in [3.8, 4) is 11.8 Å². The molecule has 0 aliphatic heterocycles. The number of aliphatic hydroxyl groups is 1. The lowest BCUT2D eigenvalue weighted by Crippen LogP contribution is -2.06. The van der Waals surface area contributed by atoms with Gasteiger partial charge < -0.3 is 14.6 Å². The fraction of sp³-hybridized carbons (Fsp3) is 0.364. The molecule has 0 atom stereocenters. The Kier molecular flexibility index (Phi) is 4.61. The molecule has 0 heterocycles. The highest BCUT2D eigenvalue weighted by molar-refractivity contribution is 5.42. The predicted molar refractivity (Wildman–Crippen MR) is 54.5 cm³/mol. The zero-order chi connectivity index (χ0) is 11.1. The topological polar surface area (TPSA) is 62.5 Å². The van der Waals surface area contributed by atoms with E-state index in [1.807, 2.05) is 6.07 Å². The van der Waals surface area contributed by atoms with Crippen molar-refractivity contribution in [2.45, 2.75) is 6.61 Å². The summed E-state index contributed by atoms with van der Waals surface area (Å²) in [5.74, 6) is 0.536. The second kappa shape index (κ2) is 6.02. The highest BCUT2D eigenvalue weighted by atomic mass is 16.5. The van der Waals surface area contributed by atoms with Crippen LogP contribution in [0.25, 0.3) is 0 Å². The summed E-state index contributed by atoms with van der Waals surface area (Å²) >= 11 is 0. The van der Waals surface area contributed by atoms with Gasteiger partial charge in [-0.25, -0.2) is 0 Å². The number of methoxy groups -OCH3 is 1. The Labute approximate surface area is 88.7 Å². The van der Waals surface area contributed by atoms with Crippen LogP contribution >= 0.6 is 0 Å². The van der Waals surface area contributed by atoms with Crippen molar-refractivity contribution in [3.63, 3.8) is 0 Å². The molecule has 0 spiro atoms. The second-order valence-electron chi connectivity index (χ2n) is 2.93. The predicted octanol–water partition coefficient (Wildman–Crippen LogP) is 1.08. The molecule has 4 nitrogen and oxygen atoms in total. The maximum absolute atomic E-state index is 9.04. The third-order valence-corrected chi connectivity index (χ3v) is 1.91. The van der Waals surface area contributed by atoms with Crippen LogP contribution in [0.2, 0.25) is 0 Å². The monoisotopic (exact) mass is 207 g/mol. The number of rotatable bonds is 5. The molecule has 1 aromatic carbocycles. The minimum absolute atomic E-state index is 0.103. The molecule has 0 aromatic heterocycles. The Bertz CT molecular complexity index is 357. The van der Waals surface area contributed by atoms with Crippen LogP contribution in [0.3, 0.4) is 0 Å². The van der Waals surface area contributed by atoms with Crippen LogP contribution in [-0.4, -0.2) is 25.4 Å². The summed E-state index contributed by atoms with van der Waals surface area (Å²) < 4.78 is 10.2. The Morgan fingerprint density at radius 3 is 2.80 bits per heavy atom. The number of benzene rings is 1. The summed E-state index contributed by atoms with van der Waals surface area (Å²) in [4.78, 5) is 0. The molecule has 80 valence electrons. The molecule has 0 unspecified atom stereocenters. The fourth-order valence-electron chi connectivity index (χ4n) is 1.12. The van der Waals surface area contributed by atoms with E-state index in [2.05, 4.69) is 0 Å². The summed E-state index contributed by atoms with van der Waals surface area (Å²) in [6.45, 7) is 0.772. The molecule has 0 saturated carbocycles. The maximum Gasteiger partial charge on any atom is 0.126 e. The lowest BCUT2D eigenvalue weighted by Gasteiger charge is -2.09. The molecule has 1 rings (SSSR count). The van der Waals surface area contributed by atoms with Crippen molar-refractivity contribution in [2.24, 2.45) is 0 Å². The van der Waals surface area contributed by atoms with Gasteiger partial charge in [0, 0.05) is 12.7 Å². The number of aliphatic hydroxyl groups excluding tert-OH is 1. The summed E-state index contributed by atoms with van der Waals surface area (Å²) in [5, 5.41) is 17.7. The van der Waals surface area contributed by atoms with E-state index in [0.29, 0.717) is 30.1 Å². The smallest absolute Gasteiger partial charge is 0.126 e. The highest BCUT2D eigenvalue weighted by Gasteiger charge is 2.04. The van der Waals surface area contributed by atoms with Crippen LogP contribution < -0.4 is 4.74 Å². The molecule has 0 aliphatic rings. The van der Waals surface area contributed by atoms with E-state index in [4.69, 9.17) is 19.8 Å². The number of nitriles is 1. The molecule has 15 heavy (non-hydrogen) atoms. The van der Waals surface area contributed by atoms with Crippen LogP contribution in [0.4, 0.5) is 0 Å². The summed E-state index contributed by atoms with van der Waals surface area (Å²) in [6.07, 6.45) is 0. The van der Waals surface area contributed by atoms with Gasteiger partial charge in [-0.2, -0.15) is 5.26 Å². The van der Waals surface area contributed by atoms with E-state index >= 15 is 0 Å². The van der Waals surface area contributed by atoms with E-state index in [1.165, 1.54) is 0 Å². The summed E-state index contributed by atoms with van der Waals surface area (Å²) in [5.41, 5.74) is 1.18. The molecule has 0 radical (unpaired) electrons. The first-order chi connectivity index (χ1) is 7.31. The molecule has 0 saturated heterocycles. The molecule has 0 bridgehead atoms. The normalized spacial score (nSPS) is 9.67. The molecular weight excluding hydrogens is 194 g/mol. The van der Waals surface area contributed by atoms with Gasteiger partial charge in [0.2, 0.25) is 0 Å². The lowest BCUT2D eigenvalue weighted by molar-refractivity contribution is 0.144. The summed E-state index contributed by atoms with van der Waals surface area (Å²) in [6, 6.07) is 6.96. The van der Waals surface area contributed by atoms with Gasteiger partial charge in [0.1, 0.15) is 12.4 Å². The number of hydrogen-bond donors (Lipinski definition) is 1. The van der Waals surface area contributed by atoms with Crippen LogP contribution in [-0.2, 0) is 11.3 Å². The Morgan fingerprint density at radius 1 is 1.40 bits per heavy atom. The lowest BCUT2D eigenvalue weighted by atomic mass is 10.1. The first-order valence-electron chi connectivity index (χ1n) is 4.57. The van der Waals surface area contributed by atoms with Gasteiger partial charge in [-0.15, -0.1) is 0 Å². The average molecular weight is 207 g/mol. The molecule has 0 aliphatic carbocycles. The zero-order valence-electron chi connectivity index (χ0n) is 8.56. The van der Waals surface area contributed by atoms with Crippen LogP contribution in [0, 0.1) is 11.3 Å². The quantitative estimate of drug-likeness (QED) is 0.734. The second-order valence-corrected chi connectivity index (χ2v) is 2.93. The maximum atomic E-state index is 9.04. The van der Waals surface area contributed by atoms with Gasteiger partial charge in [0.05, 0.1) is 24.8 Å². The van der Waals surface area contributed by atoms with E-state index in [1.54, 1.807) is 25.3 Å². The Hall–Kier alpha value is -1.57. The number of hydrogen-bond acceptors (Lipinski definition) is 4. The minimum atomic E-state index is -0.103. The van der Waals surface area contributed by atoms with Crippen molar-refractivity contribution in [1.29, 1.82) is 5.26 Å². The zero-order valence-corrected chi connectivity index (χ0v) is 8.56. The SMILES string of the molecule is COCCOc1cc(C#N)ccc1CO. The van der Waals surface area contributed by atoms with Crippen LogP contribution in [0.1, 0.15) is 11.1 Å². The van der Waals surface area contributed by atoms with E-state index in [-0.39, 0.29) is 6.61 Å². The van der Waals surface area contributed by atoms with Gasteiger partial charge in [-0.1, -0.05) is 6.07 Å². The molecular formula is C11H13NO3. The molecule has 0 fully saturated rings. The van der Waals surface area contributed by atoms with Crippen molar-refractivity contribution in [2.75, 3.05) is 20.3 Å². The van der Waals surface area contributed by atoms with Crippen LogP contribution in [0.5, 0.6) is 5.75 Å².